The lowest BCUT2D eigenvalue weighted by Gasteiger charge is -2.32. The Hall–Kier alpha value is -2.86. The number of nitrogens with zero attached hydrogens (tertiary/aromatic N) is 5. The molecule has 8 nitrogen and oxygen atoms in total. The molecule has 2 amide bonds. The number of thioether (sulfide) groups is 1. The molecule has 0 spiro atoms. The van der Waals surface area contributed by atoms with E-state index in [1.807, 2.05) is 30.5 Å². The van der Waals surface area contributed by atoms with E-state index < -0.39 is 23.1 Å². The van der Waals surface area contributed by atoms with Gasteiger partial charge in [-0.3, -0.25) is 14.1 Å². The Labute approximate surface area is 195 Å². The molecule has 2 aromatic heterocycles. The first-order valence-electron chi connectivity index (χ1n) is 10.1. The Morgan fingerprint density at radius 1 is 1.18 bits per heavy atom. The lowest BCUT2D eigenvalue weighted by Crippen LogP contribution is -2.48. The third kappa shape index (κ3) is 5.56. The SMILES string of the molecule is CSc1ccc(N(Cc2ccc(-c3nnc(C(F)F)o3)cn2)C(=O)N2CCS(=O)CC2)cc1. The van der Waals surface area contributed by atoms with Crippen molar-refractivity contribution in [2.75, 3.05) is 35.8 Å². The summed E-state index contributed by atoms with van der Waals surface area (Å²) in [6.07, 6.45) is 0.578. The van der Waals surface area contributed by atoms with Gasteiger partial charge in [-0.25, -0.2) is 4.79 Å². The van der Waals surface area contributed by atoms with Crippen molar-refractivity contribution in [3.05, 3.63) is 54.2 Å². The average molecular weight is 494 g/mol. The highest BCUT2D eigenvalue weighted by atomic mass is 32.2. The molecule has 4 rings (SSSR count). The second-order valence-electron chi connectivity index (χ2n) is 7.19. The number of halogens is 2. The number of aromatic nitrogens is 3. The van der Waals surface area contributed by atoms with Gasteiger partial charge in [-0.2, -0.15) is 8.78 Å². The zero-order valence-corrected chi connectivity index (χ0v) is 19.3. The standard InChI is InChI=1S/C21H21F2N5O3S2/c1-32-17-6-4-16(5-7-17)28(21(29)27-8-10-33(30)11-9-27)13-15-3-2-14(12-24-15)19-25-26-20(31-19)18(22)23/h2-7,12,18H,8-11,13H2,1H3. The van der Waals surface area contributed by atoms with Crippen LogP contribution in [0.4, 0.5) is 19.3 Å². The normalized spacial score (nSPS) is 14.6. The largest absolute Gasteiger partial charge is 0.415 e. The number of benzene rings is 1. The van der Waals surface area contributed by atoms with Crippen LogP contribution in [-0.2, 0) is 17.3 Å². The molecule has 0 bridgehead atoms. The third-order valence-corrected chi connectivity index (χ3v) is 7.10. The number of amides is 2. The Bertz CT molecular complexity index is 1120. The zero-order chi connectivity index (χ0) is 23.4. The van der Waals surface area contributed by atoms with E-state index in [4.69, 9.17) is 4.42 Å². The van der Waals surface area contributed by atoms with Crippen molar-refractivity contribution >= 4 is 34.3 Å². The minimum absolute atomic E-state index is 0.0498. The molecule has 0 saturated carbocycles. The topological polar surface area (TPSA) is 92.4 Å². The van der Waals surface area contributed by atoms with Crippen molar-refractivity contribution < 1.29 is 22.2 Å². The van der Waals surface area contributed by atoms with Gasteiger partial charge < -0.3 is 9.32 Å². The quantitative estimate of drug-likeness (QED) is 0.480. The van der Waals surface area contributed by atoms with Crippen LogP contribution in [0.3, 0.4) is 0 Å². The summed E-state index contributed by atoms with van der Waals surface area (Å²) in [5, 5.41) is 6.94. The van der Waals surface area contributed by atoms with Gasteiger partial charge in [0.1, 0.15) is 0 Å². The summed E-state index contributed by atoms with van der Waals surface area (Å²) >= 11 is 1.61. The monoisotopic (exact) mass is 493 g/mol. The number of alkyl halides is 2. The number of carbonyl (C=O) groups is 1. The molecule has 3 heterocycles. The molecule has 33 heavy (non-hydrogen) atoms. The Balaban J connectivity index is 1.56. The number of rotatable bonds is 6. The summed E-state index contributed by atoms with van der Waals surface area (Å²) in [4.78, 5) is 22.1. The van der Waals surface area contributed by atoms with E-state index >= 15 is 0 Å². The van der Waals surface area contributed by atoms with E-state index in [2.05, 4.69) is 15.2 Å². The van der Waals surface area contributed by atoms with Crippen LogP contribution in [0.5, 0.6) is 0 Å². The van der Waals surface area contributed by atoms with E-state index in [-0.39, 0.29) is 18.5 Å². The first-order chi connectivity index (χ1) is 15.9. The molecule has 1 aliphatic rings. The maximum absolute atomic E-state index is 13.3. The molecule has 1 saturated heterocycles. The molecule has 0 radical (unpaired) electrons. The fourth-order valence-electron chi connectivity index (χ4n) is 3.28. The third-order valence-electron chi connectivity index (χ3n) is 5.08. The summed E-state index contributed by atoms with van der Waals surface area (Å²) in [6, 6.07) is 10.8. The summed E-state index contributed by atoms with van der Waals surface area (Å²) in [5.74, 6) is 0.124. The number of hydrogen-bond acceptors (Lipinski definition) is 7. The molecule has 12 heteroatoms. The van der Waals surface area contributed by atoms with Gasteiger partial charge in [0.05, 0.1) is 17.8 Å². The Morgan fingerprint density at radius 2 is 1.91 bits per heavy atom. The number of anilines is 1. The van der Waals surface area contributed by atoms with Gasteiger partial charge in [0.25, 0.3) is 5.89 Å². The summed E-state index contributed by atoms with van der Waals surface area (Å²) in [6.45, 7) is 1.06. The lowest BCUT2D eigenvalue weighted by atomic mass is 10.2. The number of pyridine rings is 1. The van der Waals surface area contributed by atoms with Crippen molar-refractivity contribution in [3.63, 3.8) is 0 Å². The van der Waals surface area contributed by atoms with Gasteiger partial charge >= 0.3 is 12.5 Å². The van der Waals surface area contributed by atoms with Crippen LogP contribution in [0.15, 0.2) is 51.9 Å². The van der Waals surface area contributed by atoms with Crippen LogP contribution < -0.4 is 4.90 Å². The molecule has 1 aromatic carbocycles. The van der Waals surface area contributed by atoms with Crippen LogP contribution in [-0.4, -0.2) is 61.2 Å². The van der Waals surface area contributed by atoms with E-state index in [0.29, 0.717) is 41.5 Å². The maximum atomic E-state index is 13.3. The van der Waals surface area contributed by atoms with Crippen LogP contribution in [0.1, 0.15) is 18.0 Å². The van der Waals surface area contributed by atoms with Crippen molar-refractivity contribution in [3.8, 4) is 11.5 Å². The smallest absolute Gasteiger partial charge is 0.324 e. The summed E-state index contributed by atoms with van der Waals surface area (Å²) in [7, 11) is -0.894. The van der Waals surface area contributed by atoms with Crippen LogP contribution in [0, 0.1) is 0 Å². The first-order valence-corrected chi connectivity index (χ1v) is 12.8. The van der Waals surface area contributed by atoms with E-state index in [1.54, 1.807) is 33.7 Å². The lowest BCUT2D eigenvalue weighted by molar-refractivity contribution is 0.116. The highest BCUT2D eigenvalue weighted by Gasteiger charge is 2.26. The van der Waals surface area contributed by atoms with Crippen LogP contribution >= 0.6 is 11.8 Å². The van der Waals surface area contributed by atoms with Crippen molar-refractivity contribution in [2.45, 2.75) is 17.9 Å². The summed E-state index contributed by atoms with van der Waals surface area (Å²) < 4.78 is 42.1. The fraction of sp³-hybridized carbons (Fsp3) is 0.333. The number of urea groups is 1. The fourth-order valence-corrected chi connectivity index (χ4v) is 4.74. The van der Waals surface area contributed by atoms with Crippen molar-refractivity contribution in [1.29, 1.82) is 0 Å². The molecular formula is C21H21F2N5O3S2. The molecule has 1 aliphatic heterocycles. The predicted octanol–water partition coefficient (Wildman–Crippen LogP) is 3.98. The second kappa shape index (κ2) is 10.4. The highest BCUT2D eigenvalue weighted by Crippen LogP contribution is 2.25. The minimum Gasteiger partial charge on any atom is -0.415 e. The Morgan fingerprint density at radius 3 is 2.48 bits per heavy atom. The second-order valence-corrected chi connectivity index (χ2v) is 9.76. The van der Waals surface area contributed by atoms with Crippen molar-refractivity contribution in [1.82, 2.24) is 20.1 Å². The van der Waals surface area contributed by atoms with E-state index in [9.17, 15) is 17.8 Å². The van der Waals surface area contributed by atoms with E-state index in [1.165, 1.54) is 6.20 Å². The van der Waals surface area contributed by atoms with Gasteiger partial charge in [0.2, 0.25) is 5.89 Å². The molecule has 0 aliphatic carbocycles. The van der Waals surface area contributed by atoms with Crippen LogP contribution in [0.2, 0.25) is 0 Å². The molecule has 0 N–H and O–H groups in total. The van der Waals surface area contributed by atoms with Gasteiger partial charge in [0.15, 0.2) is 0 Å². The number of carbonyl (C=O) groups excluding carboxylic acids is 1. The van der Waals surface area contributed by atoms with Crippen molar-refractivity contribution in [2.24, 2.45) is 0 Å². The molecule has 1 fully saturated rings. The average Bonchev–Trinajstić information content (AvgIpc) is 3.34. The highest BCUT2D eigenvalue weighted by molar-refractivity contribution is 7.98. The Kier molecular flexibility index (Phi) is 7.33. The minimum atomic E-state index is -2.84. The predicted molar refractivity (Wildman–Crippen MR) is 122 cm³/mol. The van der Waals surface area contributed by atoms with Gasteiger partial charge in [-0.1, -0.05) is 0 Å². The van der Waals surface area contributed by atoms with Gasteiger partial charge in [-0.15, -0.1) is 22.0 Å². The van der Waals surface area contributed by atoms with Crippen LogP contribution in [0.25, 0.3) is 11.5 Å². The number of hydrogen-bond donors (Lipinski definition) is 0. The first kappa shape index (κ1) is 23.3. The van der Waals surface area contributed by atoms with Gasteiger partial charge in [-0.05, 0) is 42.7 Å². The summed E-state index contributed by atoms with van der Waals surface area (Å²) in [5.41, 5.74) is 1.71. The van der Waals surface area contributed by atoms with E-state index in [0.717, 1.165) is 4.90 Å². The zero-order valence-electron chi connectivity index (χ0n) is 17.7. The molecule has 3 aromatic rings. The molecule has 0 atom stereocenters. The molecule has 0 unspecified atom stereocenters. The molecular weight excluding hydrogens is 472 g/mol. The maximum Gasteiger partial charge on any atom is 0.324 e. The van der Waals surface area contributed by atoms with Gasteiger partial charge in [0, 0.05) is 52.2 Å². The molecule has 174 valence electrons.